The topological polar surface area (TPSA) is 112 Å². The Hall–Kier alpha value is -2.20. The lowest BCUT2D eigenvalue weighted by molar-refractivity contribution is -0.156. The molecule has 0 amide bonds. The normalized spacial score (nSPS) is 20.5. The standard InChI is InChI=1S/C51H94N2O8/c1-40(2)14-9-16-42(5)18-11-20-44-22-26-46(27-23-44)50(56)60-38-36-58-48(54)30-34-53(33-13-32-52(7)8)35-31-49(55)59-37-39-61-51(57)47-28-24-45(25-29-47)21-12-19-43(6)17-10-15-41(3)4/h40-47H,9-39H2,1-8H3. The minimum atomic E-state index is -0.348. The molecule has 2 aliphatic rings. The highest BCUT2D eigenvalue weighted by Crippen LogP contribution is 2.34. The Kier molecular flexibility index (Phi) is 30.0. The van der Waals surface area contributed by atoms with Crippen molar-refractivity contribution in [3.8, 4) is 0 Å². The third kappa shape index (κ3) is 28.3. The number of carbonyl (C=O) groups is 4. The van der Waals surface area contributed by atoms with E-state index in [4.69, 9.17) is 18.9 Å². The zero-order valence-corrected chi connectivity index (χ0v) is 40.7. The molecule has 2 rings (SSSR count). The Morgan fingerprint density at radius 1 is 0.459 bits per heavy atom. The Morgan fingerprint density at radius 3 is 1.21 bits per heavy atom. The molecule has 0 spiro atoms. The molecule has 0 aromatic carbocycles. The molecule has 0 radical (unpaired) electrons. The van der Waals surface area contributed by atoms with E-state index in [9.17, 15) is 19.2 Å². The molecule has 10 nitrogen and oxygen atoms in total. The van der Waals surface area contributed by atoms with Crippen LogP contribution >= 0.6 is 0 Å². The summed E-state index contributed by atoms with van der Waals surface area (Å²) in [5, 5.41) is 0. The van der Waals surface area contributed by atoms with E-state index in [-0.39, 0.29) is 75.0 Å². The third-order valence-electron chi connectivity index (χ3n) is 13.5. The molecule has 0 N–H and O–H groups in total. The zero-order valence-electron chi connectivity index (χ0n) is 40.7. The van der Waals surface area contributed by atoms with E-state index in [0.29, 0.717) is 13.1 Å². The molecule has 0 heterocycles. The summed E-state index contributed by atoms with van der Waals surface area (Å²) in [4.78, 5) is 54.8. The van der Waals surface area contributed by atoms with E-state index in [1.54, 1.807) is 0 Å². The summed E-state index contributed by atoms with van der Waals surface area (Å²) in [6.45, 7) is 16.8. The van der Waals surface area contributed by atoms with Gasteiger partial charge in [-0.1, -0.05) is 119 Å². The number of hydrogen-bond acceptors (Lipinski definition) is 10. The van der Waals surface area contributed by atoms with Gasteiger partial charge in [0, 0.05) is 13.1 Å². The van der Waals surface area contributed by atoms with E-state index < -0.39 is 0 Å². The fraction of sp³-hybridized carbons (Fsp3) is 0.922. The maximum atomic E-state index is 12.7. The van der Waals surface area contributed by atoms with Gasteiger partial charge in [-0.2, -0.15) is 0 Å². The van der Waals surface area contributed by atoms with Crippen LogP contribution in [0.15, 0.2) is 0 Å². The van der Waals surface area contributed by atoms with Crippen molar-refractivity contribution in [2.45, 2.75) is 189 Å². The molecule has 0 bridgehead atoms. The summed E-state index contributed by atoms with van der Waals surface area (Å²) in [5.74, 6) is 3.50. The number of esters is 4. The summed E-state index contributed by atoms with van der Waals surface area (Å²) in [7, 11) is 4.04. The predicted molar refractivity (Wildman–Crippen MR) is 247 cm³/mol. The Labute approximate surface area is 374 Å². The molecular weight excluding hydrogens is 769 g/mol. The fourth-order valence-corrected chi connectivity index (χ4v) is 9.34. The van der Waals surface area contributed by atoms with E-state index in [0.717, 1.165) is 106 Å². The minimum absolute atomic E-state index is 0.0479. The maximum absolute atomic E-state index is 12.7. The van der Waals surface area contributed by atoms with Crippen LogP contribution in [0.5, 0.6) is 0 Å². The Bertz CT molecular complexity index is 1080. The van der Waals surface area contributed by atoms with Gasteiger partial charge in [0.25, 0.3) is 0 Å². The van der Waals surface area contributed by atoms with Gasteiger partial charge in [0.05, 0.1) is 24.7 Å². The first kappa shape index (κ1) is 54.9. The molecule has 356 valence electrons. The number of ether oxygens (including phenoxy) is 4. The summed E-state index contributed by atoms with van der Waals surface area (Å²) in [5.41, 5.74) is 0. The van der Waals surface area contributed by atoms with Crippen LogP contribution in [-0.4, -0.2) is 100 Å². The second-order valence-corrected chi connectivity index (χ2v) is 20.4. The van der Waals surface area contributed by atoms with E-state index in [1.165, 1.54) is 77.0 Å². The van der Waals surface area contributed by atoms with Crippen molar-refractivity contribution >= 4 is 23.9 Å². The highest BCUT2D eigenvalue weighted by Gasteiger charge is 2.29. The highest BCUT2D eigenvalue weighted by molar-refractivity contribution is 5.73. The van der Waals surface area contributed by atoms with E-state index >= 15 is 0 Å². The molecule has 2 fully saturated rings. The van der Waals surface area contributed by atoms with Crippen molar-refractivity contribution in [1.29, 1.82) is 0 Å². The van der Waals surface area contributed by atoms with Crippen molar-refractivity contribution in [3.63, 3.8) is 0 Å². The first-order chi connectivity index (χ1) is 29.2. The van der Waals surface area contributed by atoms with E-state index in [2.05, 4.69) is 51.3 Å². The monoisotopic (exact) mass is 863 g/mol. The molecule has 0 aliphatic heterocycles. The lowest BCUT2D eigenvalue weighted by atomic mass is 9.79. The number of carbonyl (C=O) groups excluding carboxylic acids is 4. The van der Waals surface area contributed by atoms with Gasteiger partial charge < -0.3 is 28.7 Å². The van der Waals surface area contributed by atoms with Crippen molar-refractivity contribution in [2.24, 2.45) is 47.3 Å². The van der Waals surface area contributed by atoms with Crippen molar-refractivity contribution < 1.29 is 38.1 Å². The van der Waals surface area contributed by atoms with Gasteiger partial charge >= 0.3 is 23.9 Å². The zero-order chi connectivity index (χ0) is 44.8. The lowest BCUT2D eigenvalue weighted by Gasteiger charge is -2.27. The average molecular weight is 863 g/mol. The maximum Gasteiger partial charge on any atom is 0.309 e. The van der Waals surface area contributed by atoms with Crippen LogP contribution in [0.1, 0.15) is 189 Å². The van der Waals surface area contributed by atoms with Crippen LogP contribution in [0.2, 0.25) is 0 Å². The van der Waals surface area contributed by atoms with Crippen LogP contribution in [-0.2, 0) is 38.1 Å². The number of nitrogens with zero attached hydrogens (tertiary/aromatic N) is 2. The quantitative estimate of drug-likeness (QED) is 0.0352. The molecule has 10 heteroatoms. The molecule has 61 heavy (non-hydrogen) atoms. The Morgan fingerprint density at radius 2 is 0.836 bits per heavy atom. The van der Waals surface area contributed by atoms with Gasteiger partial charge in [0.2, 0.25) is 0 Å². The second-order valence-electron chi connectivity index (χ2n) is 20.4. The minimum Gasteiger partial charge on any atom is -0.462 e. The molecule has 2 unspecified atom stereocenters. The lowest BCUT2D eigenvalue weighted by Crippen LogP contribution is -2.32. The molecule has 2 atom stereocenters. The molecule has 0 saturated heterocycles. The van der Waals surface area contributed by atoms with Crippen molar-refractivity contribution in [3.05, 3.63) is 0 Å². The SMILES string of the molecule is CC(C)CCCC(C)CCCC1CCC(C(=O)OCCOC(=O)CCN(CCCN(C)C)CCC(=O)OCCOC(=O)C2CCC(CCCC(C)CCCC(C)C)CC2)CC1. The second kappa shape index (κ2) is 33.3. The Balaban J connectivity index is 1.55. The van der Waals surface area contributed by atoms with Crippen LogP contribution in [0.4, 0.5) is 0 Å². The molecule has 2 saturated carbocycles. The summed E-state index contributed by atoms with van der Waals surface area (Å²) in [6, 6.07) is 0. The van der Waals surface area contributed by atoms with Crippen LogP contribution in [0, 0.1) is 47.3 Å². The third-order valence-corrected chi connectivity index (χ3v) is 13.5. The average Bonchev–Trinajstić information content (AvgIpc) is 3.21. The summed E-state index contributed by atoms with van der Waals surface area (Å²) >= 11 is 0. The fourth-order valence-electron chi connectivity index (χ4n) is 9.34. The van der Waals surface area contributed by atoms with Crippen LogP contribution < -0.4 is 0 Å². The first-order valence-corrected chi connectivity index (χ1v) is 25.2. The van der Waals surface area contributed by atoms with Crippen LogP contribution in [0.25, 0.3) is 0 Å². The van der Waals surface area contributed by atoms with Gasteiger partial charge in [0.1, 0.15) is 26.4 Å². The molecule has 0 aromatic rings. The largest absolute Gasteiger partial charge is 0.462 e. The van der Waals surface area contributed by atoms with Crippen LogP contribution in [0.3, 0.4) is 0 Å². The molecule has 2 aliphatic carbocycles. The smallest absolute Gasteiger partial charge is 0.309 e. The van der Waals surface area contributed by atoms with E-state index in [1.807, 2.05) is 14.1 Å². The predicted octanol–water partition coefficient (Wildman–Crippen LogP) is 11.1. The van der Waals surface area contributed by atoms with Gasteiger partial charge in [0.15, 0.2) is 0 Å². The van der Waals surface area contributed by atoms with Gasteiger partial charge in [-0.15, -0.1) is 0 Å². The number of hydrogen-bond donors (Lipinski definition) is 0. The first-order valence-electron chi connectivity index (χ1n) is 25.2. The van der Waals surface area contributed by atoms with Crippen molar-refractivity contribution in [2.75, 3.05) is 66.7 Å². The van der Waals surface area contributed by atoms with Gasteiger partial charge in [-0.3, -0.25) is 19.2 Å². The number of rotatable bonds is 34. The molecule has 0 aromatic heterocycles. The van der Waals surface area contributed by atoms with Crippen molar-refractivity contribution in [1.82, 2.24) is 9.80 Å². The van der Waals surface area contributed by atoms with Gasteiger partial charge in [-0.25, -0.2) is 0 Å². The summed E-state index contributed by atoms with van der Waals surface area (Å²) < 4.78 is 21.8. The van der Waals surface area contributed by atoms with Gasteiger partial charge in [-0.05, 0) is 120 Å². The highest BCUT2D eigenvalue weighted by atomic mass is 16.6. The summed E-state index contributed by atoms with van der Waals surface area (Å²) in [6.07, 6.45) is 24.9. The molecular formula is C51H94N2O8.